The topological polar surface area (TPSA) is 12.5 Å². The molecule has 4 rings (SSSR count). The van der Waals surface area contributed by atoms with E-state index in [-0.39, 0.29) is 23.1 Å². The average molecular weight is 310 g/mol. The van der Waals surface area contributed by atoms with Gasteiger partial charge < -0.3 is 9.64 Å². The molecule has 2 aliphatic carbocycles. The van der Waals surface area contributed by atoms with Crippen LogP contribution in [0.3, 0.4) is 0 Å². The molecule has 1 saturated carbocycles. The van der Waals surface area contributed by atoms with Crippen molar-refractivity contribution in [3.63, 3.8) is 0 Å². The molecule has 1 aliphatic heterocycles. The maximum Gasteiger partial charge on any atom is 0.119 e. The number of likely N-dealkylation sites (tertiary alicyclic amines) is 1. The summed E-state index contributed by atoms with van der Waals surface area (Å²) in [6.07, 6.45) is 2.06. The van der Waals surface area contributed by atoms with Gasteiger partial charge >= 0.3 is 0 Å². The second kappa shape index (κ2) is 5.26. The zero-order chi connectivity index (χ0) is 23.7. The van der Waals surface area contributed by atoms with Crippen molar-refractivity contribution in [1.29, 1.82) is 0 Å². The minimum Gasteiger partial charge on any atom is -0.491 e. The number of hydrogen-bond acceptors (Lipinski definition) is 2. The van der Waals surface area contributed by atoms with E-state index in [1.807, 2.05) is 0 Å². The lowest BCUT2D eigenvalue weighted by Gasteiger charge is -2.58. The molecule has 0 spiro atoms. The van der Waals surface area contributed by atoms with Crippen LogP contribution in [0.25, 0.3) is 0 Å². The van der Waals surface area contributed by atoms with Crippen molar-refractivity contribution in [2.45, 2.75) is 69.8 Å². The molecule has 0 radical (unpaired) electrons. The Bertz CT molecular complexity index is 863. The molecule has 0 aromatic heterocycles. The molecule has 1 aromatic carbocycles. The Kier molecular flexibility index (Phi) is 1.74. The van der Waals surface area contributed by atoms with Crippen LogP contribution in [0.5, 0.6) is 5.75 Å². The van der Waals surface area contributed by atoms with E-state index in [1.54, 1.807) is 17.0 Å². The largest absolute Gasteiger partial charge is 0.491 e. The van der Waals surface area contributed by atoms with Crippen molar-refractivity contribution in [2.75, 3.05) is 13.5 Å². The van der Waals surface area contributed by atoms with Crippen LogP contribution in [-0.2, 0) is 11.8 Å². The van der Waals surface area contributed by atoms with Gasteiger partial charge in [-0.25, -0.2) is 0 Å². The van der Waals surface area contributed by atoms with E-state index in [2.05, 4.69) is 0 Å². The van der Waals surface area contributed by atoms with Gasteiger partial charge in [0.1, 0.15) is 5.75 Å². The van der Waals surface area contributed by atoms with Crippen LogP contribution in [0, 0.1) is 5.92 Å². The van der Waals surface area contributed by atoms with Gasteiger partial charge in [-0.1, -0.05) is 18.9 Å². The molecule has 2 bridgehead atoms. The quantitative estimate of drug-likeness (QED) is 0.813. The molecule has 22 heavy (non-hydrogen) atoms. The summed E-state index contributed by atoms with van der Waals surface area (Å²) < 4.78 is 83.3. The third kappa shape index (κ3) is 2.11. The van der Waals surface area contributed by atoms with Crippen LogP contribution in [-0.4, -0.2) is 30.5 Å². The highest BCUT2D eigenvalue weighted by Gasteiger charge is 2.53. The van der Waals surface area contributed by atoms with Gasteiger partial charge in [0.2, 0.25) is 0 Å². The van der Waals surface area contributed by atoms with Gasteiger partial charge in [-0.3, -0.25) is 0 Å². The first-order chi connectivity index (χ1) is 14.6. The Balaban J connectivity index is 1.77. The van der Waals surface area contributed by atoms with E-state index in [0.29, 0.717) is 19.4 Å². The Morgan fingerprint density at radius 2 is 2.32 bits per heavy atom. The molecule has 1 saturated heterocycles. The van der Waals surface area contributed by atoms with Crippen molar-refractivity contribution >= 4 is 0 Å². The lowest BCUT2D eigenvalue weighted by atomic mass is 9.52. The number of hydrogen-bond donors (Lipinski definition) is 0. The molecular weight excluding hydrogens is 270 g/mol. The predicted molar refractivity (Wildman–Crippen MR) is 90.6 cm³/mol. The van der Waals surface area contributed by atoms with Gasteiger partial charge in [0.15, 0.2) is 0 Å². The van der Waals surface area contributed by atoms with Crippen LogP contribution in [0.15, 0.2) is 18.2 Å². The number of fused-ring (bicyclic) bond motifs is 1. The van der Waals surface area contributed by atoms with Gasteiger partial charge in [0, 0.05) is 23.8 Å². The monoisotopic (exact) mass is 309 g/mol. The SMILES string of the molecule is [2H]C([2H])([2H])N1CCC23CCCC[C@@H]2[C@@H]1Cc1ccc(OC([2H])(C([2H])([2H])[2H])C([2H])([2H])[2H])cc13. The van der Waals surface area contributed by atoms with E-state index in [4.69, 9.17) is 18.4 Å². The van der Waals surface area contributed by atoms with Crippen LogP contribution in [0.2, 0.25) is 0 Å². The average Bonchev–Trinajstić information content (AvgIpc) is 2.65. The van der Waals surface area contributed by atoms with Gasteiger partial charge in [-0.15, -0.1) is 0 Å². The molecule has 3 aliphatic rings. The first kappa shape index (κ1) is 7.25. The fraction of sp³-hybridized carbons (Fsp3) is 0.700. The fourth-order valence-electron chi connectivity index (χ4n) is 5.17. The smallest absolute Gasteiger partial charge is 0.119 e. The molecule has 3 atom stereocenters. The lowest BCUT2D eigenvalue weighted by Crippen LogP contribution is -2.59. The summed E-state index contributed by atoms with van der Waals surface area (Å²) in [4.78, 5) is 1.66. The fourth-order valence-corrected chi connectivity index (χ4v) is 5.17. The van der Waals surface area contributed by atoms with Gasteiger partial charge in [-0.2, -0.15) is 0 Å². The molecular formula is C20H29NO. The second-order valence-corrected chi connectivity index (χ2v) is 6.97. The molecule has 1 heterocycles. The standard InChI is InChI=1S/C20H29NO/c1-14(2)22-16-8-7-15-12-19-17-6-4-5-9-20(17,18(15)13-16)10-11-21(19)3/h7-8,13-14,17,19H,4-6,9-12H2,1-3H3/t17-,19+,20?/m1/s1/i1D3,2D3,3D3,14D. The number of benzene rings is 1. The molecule has 2 nitrogen and oxygen atoms in total. The third-order valence-electron chi connectivity index (χ3n) is 6.03. The minimum absolute atomic E-state index is 0.0569. The number of nitrogens with zero attached hydrogens (tertiary/aromatic N) is 1. The number of ether oxygens (including phenoxy) is 1. The number of rotatable bonds is 2. The Labute approximate surface area is 148 Å². The number of piperidine rings is 1. The van der Waals surface area contributed by atoms with Gasteiger partial charge in [0.05, 0.1) is 7.45 Å². The Morgan fingerprint density at radius 1 is 1.36 bits per heavy atom. The van der Waals surface area contributed by atoms with Crippen molar-refractivity contribution in [3.8, 4) is 5.75 Å². The molecule has 2 heteroatoms. The lowest BCUT2D eigenvalue weighted by molar-refractivity contribution is 0.00266. The molecule has 120 valence electrons. The first-order valence-corrected chi connectivity index (χ1v) is 8.19. The van der Waals surface area contributed by atoms with E-state index in [1.165, 1.54) is 6.07 Å². The molecule has 1 aromatic rings. The van der Waals surface area contributed by atoms with Gasteiger partial charge in [0.25, 0.3) is 0 Å². The normalized spacial score (nSPS) is 43.1. The van der Waals surface area contributed by atoms with Crippen molar-refractivity contribution in [3.05, 3.63) is 29.3 Å². The molecule has 2 fully saturated rings. The summed E-state index contributed by atoms with van der Waals surface area (Å²) in [5, 5.41) is 0. The van der Waals surface area contributed by atoms with Gasteiger partial charge in [-0.05, 0) is 82.1 Å². The maximum atomic E-state index is 8.20. The molecule has 0 N–H and O–H groups in total. The maximum absolute atomic E-state index is 8.20. The van der Waals surface area contributed by atoms with Crippen molar-refractivity contribution in [2.24, 2.45) is 5.92 Å². The van der Waals surface area contributed by atoms with Crippen LogP contribution < -0.4 is 4.74 Å². The summed E-state index contributed by atoms with van der Waals surface area (Å²) in [6.45, 7) is -8.04. The third-order valence-corrected chi connectivity index (χ3v) is 6.03. The Hall–Kier alpha value is -1.02. The van der Waals surface area contributed by atoms with Crippen LogP contribution in [0.1, 0.15) is 70.6 Å². The van der Waals surface area contributed by atoms with Crippen LogP contribution in [0.4, 0.5) is 0 Å². The van der Waals surface area contributed by atoms with E-state index < -0.39 is 26.8 Å². The van der Waals surface area contributed by atoms with Crippen molar-refractivity contribution < 1.29 is 18.4 Å². The highest BCUT2D eigenvalue weighted by Crippen LogP contribution is 2.55. The summed E-state index contributed by atoms with van der Waals surface area (Å²) in [5.74, 6) is 0.223. The molecule has 1 unspecified atom stereocenters. The number of likely N-dealkylation sites (N-methyl/N-ethyl adjacent to an activating group) is 1. The van der Waals surface area contributed by atoms with E-state index in [0.717, 1.165) is 36.8 Å². The Morgan fingerprint density at radius 3 is 3.18 bits per heavy atom. The summed E-state index contributed by atoms with van der Waals surface area (Å²) >= 11 is 0. The van der Waals surface area contributed by atoms with E-state index in [9.17, 15) is 0 Å². The summed E-state index contributed by atoms with van der Waals surface area (Å²) in [7, 11) is 0. The second-order valence-electron chi connectivity index (χ2n) is 6.97. The minimum atomic E-state index is -3.17. The molecule has 0 amide bonds. The highest BCUT2D eigenvalue weighted by atomic mass is 16.5. The highest BCUT2D eigenvalue weighted by molar-refractivity contribution is 5.45. The first-order valence-electron chi connectivity index (χ1n) is 13.2. The predicted octanol–water partition coefficient (Wildman–Crippen LogP) is 4.16. The zero-order valence-electron chi connectivity index (χ0n) is 22.7. The van der Waals surface area contributed by atoms with Crippen molar-refractivity contribution in [1.82, 2.24) is 4.90 Å². The van der Waals surface area contributed by atoms with E-state index >= 15 is 0 Å². The zero-order valence-corrected chi connectivity index (χ0v) is 12.7. The summed E-state index contributed by atoms with van der Waals surface area (Å²) in [6, 6.07) is 4.92. The van der Waals surface area contributed by atoms with Crippen LogP contribution >= 0.6 is 0 Å². The summed E-state index contributed by atoms with van der Waals surface area (Å²) in [5.41, 5.74) is 1.76.